The molecule has 0 aliphatic heterocycles. The van der Waals surface area contributed by atoms with Crippen molar-refractivity contribution >= 4 is 40.2 Å². The number of carbonyl (C=O) groups is 4. The summed E-state index contributed by atoms with van der Waals surface area (Å²) in [5.74, 6) is -6.87. The Kier molecular flexibility index (Phi) is 5.63. The highest BCUT2D eigenvalue weighted by molar-refractivity contribution is 7.18. The number of carbonyl (C=O) groups excluding carboxylic acids is 4. The molecule has 0 saturated heterocycles. The number of carboxylic acid groups (broad SMARTS) is 4. The standard InChI is InChI=1S/C12H10N2O8S/c13-2-6-5(1-7(15)16)10(12(21)22)23-11(6)14(3-8(17)18)4-9(19)20/h1,3-4H2,(H,15,16)(H,17,18)(H,19,20)(H,21,22)/p-4. The lowest BCUT2D eigenvalue weighted by Crippen LogP contribution is -2.44. The van der Waals surface area contributed by atoms with Gasteiger partial charge in [-0.05, 0) is 5.56 Å². The Labute approximate surface area is 132 Å². The predicted molar refractivity (Wildman–Crippen MR) is 64.3 cm³/mol. The number of hydrogen-bond donors (Lipinski definition) is 0. The number of aromatic carboxylic acids is 1. The molecule has 0 N–H and O–H groups in total. The normalized spacial score (nSPS) is 9.87. The number of rotatable bonds is 8. The summed E-state index contributed by atoms with van der Waals surface area (Å²) in [5.41, 5.74) is -0.935. The summed E-state index contributed by atoms with van der Waals surface area (Å²) in [6.45, 7) is -1.94. The Hall–Kier alpha value is -3.13. The summed E-state index contributed by atoms with van der Waals surface area (Å²) in [6.07, 6.45) is -0.937. The summed E-state index contributed by atoms with van der Waals surface area (Å²) >= 11 is 0.321. The van der Waals surface area contributed by atoms with Gasteiger partial charge in [-0.25, -0.2) is 0 Å². The van der Waals surface area contributed by atoms with Crippen LogP contribution in [0.4, 0.5) is 5.00 Å². The molecule has 0 bridgehead atoms. The van der Waals surface area contributed by atoms with E-state index in [4.69, 9.17) is 5.26 Å². The first-order valence-electron chi connectivity index (χ1n) is 5.79. The first kappa shape index (κ1) is 17.9. The van der Waals surface area contributed by atoms with E-state index < -0.39 is 59.4 Å². The number of anilines is 1. The SMILES string of the molecule is N#Cc1c(N(CC(=O)[O-])CC(=O)[O-])sc(C(=O)[O-])c1CC(=O)[O-]. The van der Waals surface area contributed by atoms with E-state index >= 15 is 0 Å². The van der Waals surface area contributed by atoms with Gasteiger partial charge in [0.25, 0.3) is 0 Å². The minimum Gasteiger partial charge on any atom is -0.550 e. The van der Waals surface area contributed by atoms with Gasteiger partial charge in [0.1, 0.15) is 11.1 Å². The van der Waals surface area contributed by atoms with Gasteiger partial charge in [0, 0.05) is 12.4 Å². The van der Waals surface area contributed by atoms with Gasteiger partial charge in [0.2, 0.25) is 0 Å². The van der Waals surface area contributed by atoms with Crippen LogP contribution in [0.15, 0.2) is 0 Å². The van der Waals surface area contributed by atoms with Gasteiger partial charge in [0.15, 0.2) is 0 Å². The molecule has 0 amide bonds. The molecule has 1 aromatic rings. The van der Waals surface area contributed by atoms with Crippen LogP contribution in [0.5, 0.6) is 0 Å². The molecular formula is C12H6N2O8S-4. The van der Waals surface area contributed by atoms with E-state index in [2.05, 4.69) is 0 Å². The quantitative estimate of drug-likeness (QED) is 0.442. The zero-order valence-electron chi connectivity index (χ0n) is 11.2. The van der Waals surface area contributed by atoms with Crippen molar-refractivity contribution in [1.82, 2.24) is 0 Å². The summed E-state index contributed by atoms with van der Waals surface area (Å²) in [7, 11) is 0. The zero-order valence-corrected chi connectivity index (χ0v) is 12.0. The Morgan fingerprint density at radius 2 is 1.52 bits per heavy atom. The van der Waals surface area contributed by atoms with Crippen LogP contribution in [0.2, 0.25) is 0 Å². The third kappa shape index (κ3) is 4.42. The lowest BCUT2D eigenvalue weighted by molar-refractivity contribution is -0.306. The van der Waals surface area contributed by atoms with Crippen LogP contribution in [0.3, 0.4) is 0 Å². The van der Waals surface area contributed by atoms with Gasteiger partial charge < -0.3 is 44.5 Å². The summed E-state index contributed by atoms with van der Waals surface area (Å²) < 4.78 is 0. The van der Waals surface area contributed by atoms with Gasteiger partial charge in [-0.2, -0.15) is 5.26 Å². The monoisotopic (exact) mass is 338 g/mol. The van der Waals surface area contributed by atoms with Crippen molar-refractivity contribution in [3.8, 4) is 6.07 Å². The Balaban J connectivity index is 3.51. The lowest BCUT2D eigenvalue weighted by atomic mass is 10.1. The third-order valence-electron chi connectivity index (χ3n) is 2.53. The molecule has 0 fully saturated rings. The Morgan fingerprint density at radius 3 is 1.87 bits per heavy atom. The van der Waals surface area contributed by atoms with Gasteiger partial charge >= 0.3 is 0 Å². The van der Waals surface area contributed by atoms with Gasteiger partial charge in [-0.15, -0.1) is 11.3 Å². The number of carboxylic acids is 4. The fourth-order valence-electron chi connectivity index (χ4n) is 1.78. The number of hydrogen-bond acceptors (Lipinski definition) is 11. The second-order valence-electron chi connectivity index (χ2n) is 4.14. The predicted octanol–water partition coefficient (Wildman–Crippen LogP) is -5.42. The second-order valence-corrected chi connectivity index (χ2v) is 5.14. The first-order chi connectivity index (χ1) is 10.7. The molecule has 0 atom stereocenters. The second kappa shape index (κ2) is 7.23. The van der Waals surface area contributed by atoms with Gasteiger partial charge in [-0.1, -0.05) is 0 Å². The lowest BCUT2D eigenvalue weighted by Gasteiger charge is -2.24. The molecule has 11 heteroatoms. The first-order valence-corrected chi connectivity index (χ1v) is 6.60. The fourth-order valence-corrected chi connectivity index (χ4v) is 2.88. The number of nitrogens with zero attached hydrogens (tertiary/aromatic N) is 2. The number of thiophene rings is 1. The summed E-state index contributed by atoms with van der Waals surface area (Å²) in [5, 5.41) is 51.9. The molecule has 0 aliphatic rings. The molecule has 0 unspecified atom stereocenters. The van der Waals surface area contributed by atoms with Gasteiger partial charge in [-0.3, -0.25) is 0 Å². The number of nitriles is 1. The van der Waals surface area contributed by atoms with Crippen LogP contribution < -0.4 is 25.3 Å². The topological polar surface area (TPSA) is 188 Å². The molecule has 0 aliphatic carbocycles. The van der Waals surface area contributed by atoms with E-state index in [-0.39, 0.29) is 5.00 Å². The van der Waals surface area contributed by atoms with Crippen LogP contribution in [0.25, 0.3) is 0 Å². The molecule has 10 nitrogen and oxygen atoms in total. The van der Waals surface area contributed by atoms with Crippen LogP contribution in [-0.4, -0.2) is 37.0 Å². The summed E-state index contributed by atoms with van der Waals surface area (Å²) in [6, 6.07) is 1.53. The average molecular weight is 338 g/mol. The highest BCUT2D eigenvalue weighted by Crippen LogP contribution is 2.35. The molecule has 122 valence electrons. The van der Waals surface area contributed by atoms with Crippen molar-refractivity contribution in [2.45, 2.75) is 6.42 Å². The smallest absolute Gasteiger partial charge is 0.111 e. The molecule has 0 saturated carbocycles. The Morgan fingerprint density at radius 1 is 1.00 bits per heavy atom. The zero-order chi connectivity index (χ0) is 17.7. The van der Waals surface area contributed by atoms with Crippen molar-refractivity contribution < 1.29 is 39.6 Å². The van der Waals surface area contributed by atoms with Crippen molar-refractivity contribution in [3.63, 3.8) is 0 Å². The van der Waals surface area contributed by atoms with Gasteiger partial charge in [0.05, 0.1) is 41.4 Å². The van der Waals surface area contributed by atoms with Crippen molar-refractivity contribution in [2.24, 2.45) is 0 Å². The highest BCUT2D eigenvalue weighted by Gasteiger charge is 2.23. The minimum atomic E-state index is -1.80. The maximum absolute atomic E-state index is 11.1. The van der Waals surface area contributed by atoms with E-state index in [1.54, 1.807) is 0 Å². The highest BCUT2D eigenvalue weighted by atomic mass is 32.1. The average Bonchev–Trinajstić information content (AvgIpc) is 2.74. The molecule has 1 rings (SSSR count). The molecule has 1 heterocycles. The van der Waals surface area contributed by atoms with E-state index in [0.717, 1.165) is 0 Å². The number of aliphatic carboxylic acids is 3. The van der Waals surface area contributed by atoms with E-state index in [9.17, 15) is 39.6 Å². The van der Waals surface area contributed by atoms with Crippen molar-refractivity contribution in [2.75, 3.05) is 18.0 Å². The molecule has 1 aromatic heterocycles. The van der Waals surface area contributed by atoms with Crippen molar-refractivity contribution in [3.05, 3.63) is 16.0 Å². The molecule has 0 spiro atoms. The fraction of sp³-hybridized carbons (Fsp3) is 0.250. The van der Waals surface area contributed by atoms with E-state index in [0.29, 0.717) is 16.2 Å². The maximum Gasteiger partial charge on any atom is 0.111 e. The summed E-state index contributed by atoms with van der Waals surface area (Å²) in [4.78, 5) is 43.1. The van der Waals surface area contributed by atoms with Crippen LogP contribution in [0.1, 0.15) is 20.8 Å². The largest absolute Gasteiger partial charge is 0.550 e. The maximum atomic E-state index is 11.1. The molecule has 0 radical (unpaired) electrons. The van der Waals surface area contributed by atoms with Crippen LogP contribution >= 0.6 is 11.3 Å². The Bertz CT molecular complexity index is 701. The van der Waals surface area contributed by atoms with Crippen molar-refractivity contribution in [1.29, 1.82) is 5.26 Å². The van der Waals surface area contributed by atoms with Crippen LogP contribution in [-0.2, 0) is 20.8 Å². The molecule has 23 heavy (non-hydrogen) atoms. The molecular weight excluding hydrogens is 332 g/mol. The minimum absolute atomic E-state index is 0.321. The molecule has 0 aromatic carbocycles. The van der Waals surface area contributed by atoms with E-state index in [1.807, 2.05) is 0 Å². The van der Waals surface area contributed by atoms with Crippen LogP contribution in [0, 0.1) is 11.3 Å². The van der Waals surface area contributed by atoms with E-state index in [1.165, 1.54) is 6.07 Å². The third-order valence-corrected chi connectivity index (χ3v) is 3.81.